The summed E-state index contributed by atoms with van der Waals surface area (Å²) in [6.07, 6.45) is 5.56. The number of aliphatic hydroxyl groups is 1. The van der Waals surface area contributed by atoms with Crippen molar-refractivity contribution in [2.75, 3.05) is 13.2 Å². The third-order valence-electron chi connectivity index (χ3n) is 2.72. The molecule has 0 aliphatic carbocycles. The van der Waals surface area contributed by atoms with Crippen LogP contribution in [0.5, 0.6) is 0 Å². The van der Waals surface area contributed by atoms with Crippen molar-refractivity contribution in [1.29, 1.82) is 0 Å². The fourth-order valence-electron chi connectivity index (χ4n) is 1.75. The summed E-state index contributed by atoms with van der Waals surface area (Å²) in [5, 5.41) is 24.7. The van der Waals surface area contributed by atoms with Crippen LogP contribution >= 0.6 is 0 Å². The second-order valence-electron chi connectivity index (χ2n) is 4.97. The van der Waals surface area contributed by atoms with Crippen LogP contribution in [0.3, 0.4) is 0 Å². The molecule has 1 aliphatic heterocycles. The first-order valence-electron chi connectivity index (χ1n) is 6.55. The quantitative estimate of drug-likeness (QED) is 0.417. The average Bonchev–Trinajstić information content (AvgIpc) is 2.32. The zero-order chi connectivity index (χ0) is 13.6. The maximum atomic E-state index is 12.7. The third kappa shape index (κ3) is 4.10. The van der Waals surface area contributed by atoms with Gasteiger partial charge < -0.3 is 15.6 Å². The van der Waals surface area contributed by atoms with Gasteiger partial charge in [0.05, 0.1) is 18.5 Å². The van der Waals surface area contributed by atoms with E-state index in [2.05, 4.69) is 26.1 Å². The van der Waals surface area contributed by atoms with Gasteiger partial charge in [0.1, 0.15) is 6.61 Å². The Labute approximate surface area is 109 Å². The smallest absolute Gasteiger partial charge is 0.163 e. The van der Waals surface area contributed by atoms with Crippen molar-refractivity contribution >= 4 is 0 Å². The Morgan fingerprint density at radius 3 is 2.78 bits per heavy atom. The average molecular weight is 256 g/mol. The third-order valence-corrected chi connectivity index (χ3v) is 2.72. The van der Waals surface area contributed by atoms with Gasteiger partial charge in [-0.15, -0.1) is 0 Å². The van der Waals surface area contributed by atoms with Crippen LogP contribution < -0.4 is 5.32 Å². The first kappa shape index (κ1) is 15.2. The van der Waals surface area contributed by atoms with Crippen molar-refractivity contribution in [2.45, 2.75) is 40.0 Å². The van der Waals surface area contributed by atoms with Crippen LogP contribution in [-0.2, 0) is 4.84 Å². The van der Waals surface area contributed by atoms with Gasteiger partial charge in [0, 0.05) is 6.42 Å². The number of rotatable bonds is 7. The highest BCUT2D eigenvalue weighted by atomic mass is 16.9. The highest BCUT2D eigenvalue weighted by Crippen LogP contribution is 2.28. The van der Waals surface area contributed by atoms with Gasteiger partial charge in [-0.2, -0.15) is 9.65 Å². The number of hydrogen-bond donors (Lipinski definition) is 2. The summed E-state index contributed by atoms with van der Waals surface area (Å²) in [4.78, 5) is 4.54. The lowest BCUT2D eigenvalue weighted by Crippen LogP contribution is -2.41. The Kier molecular flexibility index (Phi) is 5.81. The van der Waals surface area contributed by atoms with Crippen LogP contribution in [0.15, 0.2) is 23.8 Å². The van der Waals surface area contributed by atoms with Crippen LogP contribution in [0.1, 0.15) is 40.0 Å². The van der Waals surface area contributed by atoms with E-state index in [4.69, 9.17) is 9.94 Å². The second-order valence-corrected chi connectivity index (χ2v) is 4.97. The molecule has 1 rings (SSSR count). The molecule has 0 saturated carbocycles. The molecule has 1 heterocycles. The number of hydrogen-bond acceptors (Lipinski definition) is 4. The molecule has 0 amide bonds. The summed E-state index contributed by atoms with van der Waals surface area (Å²) < 4.78 is 0. The minimum atomic E-state index is -0.902. The Morgan fingerprint density at radius 2 is 2.22 bits per heavy atom. The maximum Gasteiger partial charge on any atom is 0.163 e. The lowest BCUT2D eigenvalue weighted by atomic mass is 10.1. The fourth-order valence-corrected chi connectivity index (χ4v) is 1.75. The normalized spacial score (nSPS) is 23.7. The summed E-state index contributed by atoms with van der Waals surface area (Å²) in [6.45, 7) is 6.40. The molecule has 18 heavy (non-hydrogen) atoms. The highest BCUT2D eigenvalue weighted by Gasteiger charge is 2.28. The van der Waals surface area contributed by atoms with Crippen LogP contribution in [0, 0.1) is 11.1 Å². The SMILES string of the molecule is CCCCO[N+]1([O-])C=C(CO)NC=C1CC(C)C. The zero-order valence-electron chi connectivity index (χ0n) is 11.5. The second kappa shape index (κ2) is 6.89. The van der Waals surface area contributed by atoms with Gasteiger partial charge in [-0.1, -0.05) is 27.2 Å². The molecule has 1 aliphatic rings. The number of quaternary nitrogens is 1. The van der Waals surface area contributed by atoms with Gasteiger partial charge in [0.2, 0.25) is 0 Å². The number of allylic oxidation sites excluding steroid dienone is 1. The van der Waals surface area contributed by atoms with Gasteiger partial charge in [-0.25, -0.2) is 0 Å². The first-order chi connectivity index (χ1) is 8.51. The molecule has 0 radical (unpaired) electrons. The van der Waals surface area contributed by atoms with Gasteiger partial charge in [-0.05, 0) is 12.3 Å². The van der Waals surface area contributed by atoms with Crippen molar-refractivity contribution < 1.29 is 14.8 Å². The fraction of sp³-hybridized carbons (Fsp3) is 0.692. The van der Waals surface area contributed by atoms with Crippen molar-refractivity contribution in [1.82, 2.24) is 5.32 Å². The summed E-state index contributed by atoms with van der Waals surface area (Å²) in [7, 11) is 0. The molecule has 0 spiro atoms. The van der Waals surface area contributed by atoms with Crippen molar-refractivity contribution in [3.63, 3.8) is 0 Å². The molecule has 0 saturated heterocycles. The van der Waals surface area contributed by atoms with Crippen molar-refractivity contribution in [3.05, 3.63) is 29.0 Å². The molecule has 5 heteroatoms. The molecule has 0 aromatic carbocycles. The van der Waals surface area contributed by atoms with Crippen molar-refractivity contribution in [2.24, 2.45) is 5.92 Å². The highest BCUT2D eigenvalue weighted by molar-refractivity contribution is 5.10. The molecule has 0 aromatic heterocycles. The Balaban J connectivity index is 2.78. The predicted octanol–water partition coefficient (Wildman–Crippen LogP) is 2.36. The van der Waals surface area contributed by atoms with Crippen LogP contribution in [-0.4, -0.2) is 23.1 Å². The summed E-state index contributed by atoms with van der Waals surface area (Å²) in [5.74, 6) is 0.378. The van der Waals surface area contributed by atoms with E-state index < -0.39 is 4.81 Å². The molecule has 0 bridgehead atoms. The van der Waals surface area contributed by atoms with E-state index in [-0.39, 0.29) is 6.61 Å². The molecule has 104 valence electrons. The van der Waals surface area contributed by atoms with Crippen LogP contribution in [0.25, 0.3) is 0 Å². The number of nitrogens with one attached hydrogen (secondary N) is 1. The van der Waals surface area contributed by atoms with E-state index in [0.717, 1.165) is 12.8 Å². The lowest BCUT2D eigenvalue weighted by molar-refractivity contribution is -0.999. The number of nitrogens with zero attached hydrogens (tertiary/aromatic N) is 1. The molecular formula is C13H24N2O3. The van der Waals surface area contributed by atoms with Crippen LogP contribution in [0.4, 0.5) is 0 Å². The molecule has 0 fully saturated rings. The van der Waals surface area contributed by atoms with Crippen LogP contribution in [0.2, 0.25) is 0 Å². The van der Waals surface area contributed by atoms with E-state index in [9.17, 15) is 5.21 Å². The summed E-state index contributed by atoms with van der Waals surface area (Å²) in [5.41, 5.74) is 1.12. The number of hydroxylamine groups is 4. The predicted molar refractivity (Wildman–Crippen MR) is 70.3 cm³/mol. The van der Waals surface area contributed by atoms with E-state index >= 15 is 0 Å². The summed E-state index contributed by atoms with van der Waals surface area (Å²) in [6, 6.07) is 0. The topological polar surface area (TPSA) is 64.5 Å². The van der Waals surface area contributed by atoms with Gasteiger partial charge in [0.15, 0.2) is 11.9 Å². The minimum Gasteiger partial charge on any atom is -0.588 e. The van der Waals surface area contributed by atoms with E-state index in [0.29, 0.717) is 30.3 Å². The molecule has 1 atom stereocenters. The lowest BCUT2D eigenvalue weighted by Gasteiger charge is -2.39. The zero-order valence-corrected chi connectivity index (χ0v) is 11.5. The molecule has 1 unspecified atom stereocenters. The van der Waals surface area contributed by atoms with E-state index in [1.165, 1.54) is 6.20 Å². The van der Waals surface area contributed by atoms with Crippen molar-refractivity contribution in [3.8, 4) is 0 Å². The van der Waals surface area contributed by atoms with Gasteiger partial charge in [-0.3, -0.25) is 0 Å². The Morgan fingerprint density at radius 1 is 1.50 bits per heavy atom. The first-order valence-corrected chi connectivity index (χ1v) is 6.55. The largest absolute Gasteiger partial charge is 0.588 e. The number of unbranched alkanes of at least 4 members (excludes halogenated alkanes) is 1. The molecule has 2 N–H and O–H groups in total. The number of aliphatic hydroxyl groups excluding tert-OH is 1. The van der Waals surface area contributed by atoms with Gasteiger partial charge >= 0.3 is 0 Å². The standard InChI is InChI=1S/C13H24N2O3/c1-4-5-6-18-15(17)9-12(10-16)14-8-13(15)7-11(2)3/h8-9,11,14,16H,4-7,10H2,1-3H3. The molecule has 5 nitrogen and oxygen atoms in total. The molecule has 0 aromatic rings. The van der Waals surface area contributed by atoms with Gasteiger partial charge in [0.25, 0.3) is 0 Å². The summed E-state index contributed by atoms with van der Waals surface area (Å²) >= 11 is 0. The monoisotopic (exact) mass is 256 g/mol. The maximum absolute atomic E-state index is 12.7. The minimum absolute atomic E-state index is 0.190. The van der Waals surface area contributed by atoms with E-state index in [1.54, 1.807) is 6.20 Å². The Hall–Kier alpha value is -0.880. The molecular weight excluding hydrogens is 232 g/mol. The van der Waals surface area contributed by atoms with E-state index in [1.807, 2.05) is 0 Å². The Bertz CT molecular complexity index is 326.